The van der Waals surface area contributed by atoms with E-state index < -0.39 is 0 Å². The van der Waals surface area contributed by atoms with Crippen LogP contribution in [-0.2, 0) is 6.54 Å². The Bertz CT molecular complexity index is 523. The summed E-state index contributed by atoms with van der Waals surface area (Å²) >= 11 is 0. The fourth-order valence-electron chi connectivity index (χ4n) is 3.07. The van der Waals surface area contributed by atoms with Gasteiger partial charge in [0.15, 0.2) is 0 Å². The second kappa shape index (κ2) is 8.39. The van der Waals surface area contributed by atoms with Crippen LogP contribution in [0, 0.1) is 11.7 Å². The zero-order chi connectivity index (χ0) is 16.8. The van der Waals surface area contributed by atoms with E-state index in [0.29, 0.717) is 17.9 Å². The molecule has 0 saturated carbocycles. The van der Waals surface area contributed by atoms with Gasteiger partial charge in [-0.3, -0.25) is 9.69 Å². The van der Waals surface area contributed by atoms with Gasteiger partial charge >= 0.3 is 0 Å². The van der Waals surface area contributed by atoms with Gasteiger partial charge < -0.3 is 4.90 Å². The predicted octanol–water partition coefficient (Wildman–Crippen LogP) is 3.32. The lowest BCUT2D eigenvalue weighted by molar-refractivity contribution is 0.0780. The summed E-state index contributed by atoms with van der Waals surface area (Å²) < 4.78 is 13.9. The SMILES string of the molecule is CC.CCC1CN(Cc2nc(C(=O)N3CCCC3)ccc2F)C1. The zero-order valence-corrected chi connectivity index (χ0v) is 14.5. The molecule has 2 fully saturated rings. The lowest BCUT2D eigenvalue weighted by atomic mass is 9.97. The summed E-state index contributed by atoms with van der Waals surface area (Å²) in [7, 11) is 0. The summed E-state index contributed by atoms with van der Waals surface area (Å²) in [5.74, 6) is 0.346. The van der Waals surface area contributed by atoms with Crippen LogP contribution in [0.2, 0.25) is 0 Å². The second-order valence-electron chi connectivity index (χ2n) is 6.09. The largest absolute Gasteiger partial charge is 0.337 e. The maximum absolute atomic E-state index is 13.9. The Hall–Kier alpha value is -1.49. The number of likely N-dealkylation sites (tertiary alicyclic amines) is 2. The van der Waals surface area contributed by atoms with Crippen LogP contribution >= 0.6 is 0 Å². The molecule has 1 aromatic heterocycles. The Kier molecular flexibility index (Phi) is 6.51. The van der Waals surface area contributed by atoms with E-state index in [4.69, 9.17) is 0 Å². The van der Waals surface area contributed by atoms with Gasteiger partial charge in [0.2, 0.25) is 0 Å². The van der Waals surface area contributed by atoms with Crippen molar-refractivity contribution in [2.45, 2.75) is 46.6 Å². The van der Waals surface area contributed by atoms with Crippen LogP contribution in [-0.4, -0.2) is 46.9 Å². The summed E-state index contributed by atoms with van der Waals surface area (Å²) in [5.41, 5.74) is 0.774. The number of carbonyl (C=O) groups excluding carboxylic acids is 1. The van der Waals surface area contributed by atoms with Crippen LogP contribution < -0.4 is 0 Å². The van der Waals surface area contributed by atoms with Crippen LogP contribution in [0.5, 0.6) is 0 Å². The highest BCUT2D eigenvalue weighted by molar-refractivity contribution is 5.92. The van der Waals surface area contributed by atoms with E-state index in [9.17, 15) is 9.18 Å². The molecule has 0 N–H and O–H groups in total. The van der Waals surface area contributed by atoms with E-state index in [1.807, 2.05) is 13.8 Å². The van der Waals surface area contributed by atoms with Gasteiger partial charge in [0.05, 0.1) is 5.69 Å². The van der Waals surface area contributed by atoms with E-state index in [1.54, 1.807) is 4.90 Å². The molecule has 128 valence electrons. The number of hydrogen-bond donors (Lipinski definition) is 0. The Balaban J connectivity index is 0.000000924. The van der Waals surface area contributed by atoms with Crippen LogP contribution in [0.3, 0.4) is 0 Å². The van der Waals surface area contributed by atoms with Gasteiger partial charge in [0.1, 0.15) is 11.5 Å². The summed E-state index contributed by atoms with van der Waals surface area (Å²) in [6, 6.07) is 2.88. The number of amides is 1. The first kappa shape index (κ1) is 17.9. The minimum atomic E-state index is -0.312. The lowest BCUT2D eigenvalue weighted by Crippen LogP contribution is -2.45. The highest BCUT2D eigenvalue weighted by Crippen LogP contribution is 2.22. The first-order chi connectivity index (χ1) is 11.2. The summed E-state index contributed by atoms with van der Waals surface area (Å²) in [6.45, 7) is 10.3. The lowest BCUT2D eigenvalue weighted by Gasteiger charge is -2.38. The highest BCUT2D eigenvalue weighted by atomic mass is 19.1. The molecule has 2 saturated heterocycles. The normalized spacial score (nSPS) is 18.3. The van der Waals surface area contributed by atoms with Crippen molar-refractivity contribution < 1.29 is 9.18 Å². The maximum atomic E-state index is 13.9. The average molecular weight is 321 g/mol. The number of nitrogens with zero attached hydrogens (tertiary/aromatic N) is 3. The smallest absolute Gasteiger partial charge is 0.272 e. The highest BCUT2D eigenvalue weighted by Gasteiger charge is 2.27. The molecule has 0 bridgehead atoms. The molecule has 23 heavy (non-hydrogen) atoms. The first-order valence-corrected chi connectivity index (χ1v) is 8.84. The predicted molar refractivity (Wildman–Crippen MR) is 89.7 cm³/mol. The third-order valence-electron chi connectivity index (χ3n) is 4.51. The number of rotatable bonds is 4. The third-order valence-corrected chi connectivity index (χ3v) is 4.51. The molecule has 1 amide bonds. The summed E-state index contributed by atoms with van der Waals surface area (Å²) in [4.78, 5) is 20.6. The fraction of sp³-hybridized carbons (Fsp3) is 0.667. The van der Waals surface area contributed by atoms with Crippen molar-refractivity contribution in [1.29, 1.82) is 0 Å². The quantitative estimate of drug-likeness (QED) is 0.853. The molecule has 0 atom stereocenters. The fourth-order valence-corrected chi connectivity index (χ4v) is 3.07. The molecule has 0 radical (unpaired) electrons. The number of aromatic nitrogens is 1. The van der Waals surface area contributed by atoms with Crippen molar-refractivity contribution in [3.05, 3.63) is 29.3 Å². The molecule has 3 heterocycles. The van der Waals surface area contributed by atoms with Gasteiger partial charge in [-0.25, -0.2) is 9.37 Å². The van der Waals surface area contributed by atoms with Gasteiger partial charge in [-0.15, -0.1) is 0 Å². The van der Waals surface area contributed by atoms with Crippen LogP contribution in [0.1, 0.15) is 56.2 Å². The van der Waals surface area contributed by atoms with Gasteiger partial charge in [-0.05, 0) is 30.9 Å². The van der Waals surface area contributed by atoms with Crippen LogP contribution in [0.4, 0.5) is 4.39 Å². The summed E-state index contributed by atoms with van der Waals surface area (Å²) in [5, 5.41) is 0. The average Bonchev–Trinajstić information content (AvgIpc) is 3.07. The van der Waals surface area contributed by atoms with Crippen molar-refractivity contribution in [2.24, 2.45) is 5.92 Å². The Morgan fingerprint density at radius 2 is 1.91 bits per heavy atom. The van der Waals surface area contributed by atoms with E-state index in [1.165, 1.54) is 18.6 Å². The molecule has 2 aliphatic rings. The second-order valence-corrected chi connectivity index (χ2v) is 6.09. The van der Waals surface area contributed by atoms with Crippen molar-refractivity contribution in [2.75, 3.05) is 26.2 Å². The van der Waals surface area contributed by atoms with Gasteiger partial charge in [0.25, 0.3) is 5.91 Å². The van der Waals surface area contributed by atoms with Crippen molar-refractivity contribution in [1.82, 2.24) is 14.8 Å². The summed E-state index contributed by atoms with van der Waals surface area (Å²) in [6.07, 6.45) is 3.26. The third kappa shape index (κ3) is 4.28. The Morgan fingerprint density at radius 1 is 1.26 bits per heavy atom. The van der Waals surface area contributed by atoms with Gasteiger partial charge in [0, 0.05) is 32.7 Å². The first-order valence-electron chi connectivity index (χ1n) is 8.84. The maximum Gasteiger partial charge on any atom is 0.272 e. The van der Waals surface area contributed by atoms with Gasteiger partial charge in [-0.1, -0.05) is 27.2 Å². The van der Waals surface area contributed by atoms with Crippen LogP contribution in [0.25, 0.3) is 0 Å². The van der Waals surface area contributed by atoms with Crippen LogP contribution in [0.15, 0.2) is 12.1 Å². The Morgan fingerprint density at radius 3 is 2.52 bits per heavy atom. The molecule has 0 aromatic carbocycles. The Labute approximate surface area is 138 Å². The molecule has 3 rings (SSSR count). The number of pyridine rings is 1. The van der Waals surface area contributed by atoms with Gasteiger partial charge in [-0.2, -0.15) is 0 Å². The minimum Gasteiger partial charge on any atom is -0.337 e. The molecule has 0 unspecified atom stereocenters. The molecule has 2 aliphatic heterocycles. The molecular formula is C18H28FN3O. The van der Waals surface area contributed by atoms with E-state index in [-0.39, 0.29) is 11.7 Å². The number of carbonyl (C=O) groups is 1. The monoisotopic (exact) mass is 321 g/mol. The number of halogens is 1. The molecule has 5 heteroatoms. The molecule has 0 aliphatic carbocycles. The van der Waals surface area contributed by atoms with E-state index in [0.717, 1.165) is 44.9 Å². The molecular weight excluding hydrogens is 293 g/mol. The topological polar surface area (TPSA) is 36.4 Å². The van der Waals surface area contributed by atoms with Crippen molar-refractivity contribution in [3.63, 3.8) is 0 Å². The molecule has 4 nitrogen and oxygen atoms in total. The zero-order valence-electron chi connectivity index (χ0n) is 14.5. The van der Waals surface area contributed by atoms with E-state index >= 15 is 0 Å². The molecule has 1 aromatic rings. The standard InChI is InChI=1S/C16H22FN3O.C2H6/c1-2-12-9-19(10-12)11-15-13(17)5-6-14(18-15)16(21)20-7-3-4-8-20;1-2/h5-6,12H,2-4,7-11H2,1H3;1-2H3. The minimum absolute atomic E-state index is 0.0659. The van der Waals surface area contributed by atoms with Crippen molar-refractivity contribution in [3.8, 4) is 0 Å². The van der Waals surface area contributed by atoms with Crippen molar-refractivity contribution >= 4 is 5.91 Å². The molecule has 0 spiro atoms. The van der Waals surface area contributed by atoms with E-state index in [2.05, 4.69) is 16.8 Å². The number of hydrogen-bond acceptors (Lipinski definition) is 3.